The molecule has 76 heavy (non-hydrogen) atoms. The molecule has 5 aliphatic carbocycles. The second kappa shape index (κ2) is 21.4. The summed E-state index contributed by atoms with van der Waals surface area (Å²) >= 11 is 0. The van der Waals surface area contributed by atoms with Crippen LogP contribution in [0.5, 0.6) is 0 Å². The van der Waals surface area contributed by atoms with Gasteiger partial charge in [0, 0.05) is 16.2 Å². The number of ether oxygens (including phenoxy) is 8. The Morgan fingerprint density at radius 1 is 0.539 bits per heavy atom. The average molecular weight is 1090 g/mol. The van der Waals surface area contributed by atoms with Crippen molar-refractivity contribution in [3.05, 3.63) is 23.3 Å². The molecule has 0 aromatic heterocycles. The van der Waals surface area contributed by atoms with E-state index in [4.69, 9.17) is 37.9 Å². The molecular weight excluding hydrogens is 1000 g/mol. The Balaban J connectivity index is 1.01. The van der Waals surface area contributed by atoms with Crippen LogP contribution in [0.4, 0.5) is 0 Å². The lowest BCUT2D eigenvalue weighted by Crippen LogP contribution is -2.68. The SMILES string of the molecule is C[C@@H]1O[C@@H](O[C@H]2[C@H](O)[C@@H](O)[C@H](O[C@H]3[C@@H](O)[C@@H](C)O[C@@H](O[C@H]4CC[C@@]5(C)C(CC[C@]6(C)C5C=CC5=C7CC(C)(C)CC[C@]7(CO)[C@@H](O)C[C@]56C)[C@]4(C)CO)[C@@H]3O[C@@H]3O[C@H](CO)[C@@H](O)[C@H](O)[C@H]3O)O[C@@H]2CO)[C@H](O)[C@H](O)[C@H]1O. The largest absolute Gasteiger partial charge is 0.396 e. The zero-order valence-electron chi connectivity index (χ0n) is 45.0. The van der Waals surface area contributed by atoms with Gasteiger partial charge in [-0.05, 0) is 98.9 Å². The second-order valence-electron chi connectivity index (χ2n) is 25.9. The minimum absolute atomic E-state index is 0.000158. The summed E-state index contributed by atoms with van der Waals surface area (Å²) in [6, 6.07) is 0. The van der Waals surface area contributed by atoms with Crippen LogP contribution in [0.1, 0.15) is 107 Å². The Hall–Kier alpha value is -1.40. The molecule has 9 aliphatic rings. The van der Waals surface area contributed by atoms with Gasteiger partial charge in [-0.2, -0.15) is 0 Å². The molecule has 3 saturated carbocycles. The predicted octanol–water partition coefficient (Wildman–Crippen LogP) is -1.64. The van der Waals surface area contributed by atoms with E-state index >= 15 is 0 Å². The summed E-state index contributed by atoms with van der Waals surface area (Å²) < 4.78 is 49.2. The fourth-order valence-corrected chi connectivity index (χ4v) is 15.9. The summed E-state index contributed by atoms with van der Waals surface area (Å²) in [6.45, 7) is 14.2. The van der Waals surface area contributed by atoms with Crippen molar-refractivity contribution < 1.29 is 109 Å². The summed E-state index contributed by atoms with van der Waals surface area (Å²) in [5.41, 5.74) is -0.424. The molecule has 4 aliphatic heterocycles. The first-order valence-corrected chi connectivity index (χ1v) is 27.5. The molecule has 0 spiro atoms. The van der Waals surface area contributed by atoms with Gasteiger partial charge in [0.05, 0.1) is 50.8 Å². The molecule has 2 unspecified atom stereocenters. The summed E-state index contributed by atoms with van der Waals surface area (Å²) in [5, 5.41) is 155. The molecule has 436 valence electrons. The van der Waals surface area contributed by atoms with Gasteiger partial charge in [-0.15, -0.1) is 0 Å². The molecule has 4 heterocycles. The van der Waals surface area contributed by atoms with E-state index in [1.54, 1.807) is 0 Å². The molecule has 0 radical (unpaired) electrons. The van der Waals surface area contributed by atoms with Crippen LogP contribution >= 0.6 is 0 Å². The Kier molecular flexibility index (Phi) is 16.7. The summed E-state index contributed by atoms with van der Waals surface area (Å²) in [4.78, 5) is 0. The highest BCUT2D eigenvalue weighted by Gasteiger charge is 2.69. The third kappa shape index (κ3) is 9.34. The van der Waals surface area contributed by atoms with Crippen molar-refractivity contribution in [1.29, 1.82) is 0 Å². The van der Waals surface area contributed by atoms with Gasteiger partial charge in [0.1, 0.15) is 85.5 Å². The number of hydrogen-bond donors (Lipinski definition) is 14. The highest BCUT2D eigenvalue weighted by atomic mass is 16.8. The van der Waals surface area contributed by atoms with Crippen molar-refractivity contribution in [3.8, 4) is 0 Å². The van der Waals surface area contributed by atoms with Crippen LogP contribution in [0.3, 0.4) is 0 Å². The number of aliphatic hydroxyl groups is 14. The molecule has 7 fully saturated rings. The fourth-order valence-electron chi connectivity index (χ4n) is 15.9. The predicted molar refractivity (Wildman–Crippen MR) is 263 cm³/mol. The summed E-state index contributed by atoms with van der Waals surface area (Å²) in [7, 11) is 0. The van der Waals surface area contributed by atoms with Crippen molar-refractivity contribution in [1.82, 2.24) is 0 Å². The Labute approximate surface area is 444 Å². The van der Waals surface area contributed by atoms with E-state index in [0.29, 0.717) is 32.1 Å². The number of fused-ring (bicyclic) bond motifs is 6. The topological polar surface area (TPSA) is 357 Å². The normalized spacial score (nSPS) is 55.3. The maximum absolute atomic E-state index is 12.2. The van der Waals surface area contributed by atoms with Gasteiger partial charge in [0.25, 0.3) is 0 Å². The zero-order chi connectivity index (χ0) is 55.6. The van der Waals surface area contributed by atoms with Gasteiger partial charge < -0.3 is 109 Å². The first-order valence-electron chi connectivity index (χ1n) is 27.5. The van der Waals surface area contributed by atoms with E-state index in [9.17, 15) is 71.5 Å². The van der Waals surface area contributed by atoms with E-state index in [0.717, 1.165) is 19.3 Å². The molecule has 22 heteroatoms. The molecule has 0 bridgehead atoms. The molecule has 9 rings (SSSR count). The number of aliphatic hydroxyl groups excluding tert-OH is 14. The van der Waals surface area contributed by atoms with Gasteiger partial charge in [-0.1, -0.05) is 59.3 Å². The Morgan fingerprint density at radius 2 is 1.11 bits per heavy atom. The van der Waals surface area contributed by atoms with Crippen molar-refractivity contribution in [2.24, 2.45) is 44.3 Å². The Morgan fingerprint density at radius 3 is 1.74 bits per heavy atom. The minimum atomic E-state index is -2.02. The summed E-state index contributed by atoms with van der Waals surface area (Å²) in [5.74, 6) is -0.152. The summed E-state index contributed by atoms with van der Waals surface area (Å²) in [6.07, 6.45) is -24.7. The quantitative estimate of drug-likeness (QED) is 0.0975. The Bertz CT molecular complexity index is 2110. The second-order valence-corrected chi connectivity index (χ2v) is 25.9. The van der Waals surface area contributed by atoms with Gasteiger partial charge in [0.15, 0.2) is 25.2 Å². The first kappa shape index (κ1) is 59.2. The van der Waals surface area contributed by atoms with Crippen LogP contribution < -0.4 is 0 Å². The molecule has 0 aromatic rings. The molecule has 0 aromatic carbocycles. The van der Waals surface area contributed by atoms with Crippen LogP contribution in [0.2, 0.25) is 0 Å². The third-order valence-corrected chi connectivity index (χ3v) is 21.0. The van der Waals surface area contributed by atoms with Gasteiger partial charge in [-0.3, -0.25) is 0 Å². The van der Waals surface area contributed by atoms with Crippen molar-refractivity contribution >= 4 is 0 Å². The number of allylic oxidation sites excluding steroid dienone is 3. The molecule has 0 amide bonds. The molecule has 22 nitrogen and oxygen atoms in total. The number of rotatable bonds is 12. The van der Waals surface area contributed by atoms with Crippen LogP contribution in [-0.2, 0) is 37.9 Å². The third-order valence-electron chi connectivity index (χ3n) is 21.0. The van der Waals surface area contributed by atoms with E-state index < -0.39 is 170 Å². The number of hydrogen-bond acceptors (Lipinski definition) is 22. The average Bonchev–Trinajstić information content (AvgIpc) is 3.57. The van der Waals surface area contributed by atoms with Gasteiger partial charge in [-0.25, -0.2) is 0 Å². The van der Waals surface area contributed by atoms with E-state index in [-0.39, 0.29) is 35.9 Å². The monoisotopic (exact) mass is 1090 g/mol. The maximum atomic E-state index is 12.2. The molecular formula is C54H88O22. The van der Waals surface area contributed by atoms with Crippen LogP contribution in [0.25, 0.3) is 0 Å². The standard InChI is InChI=1S/C54H88O22/c1-23-33(60)36(63)39(66)45(69-23)74-42-28(20-56)72-47(41(68)38(42)65)75-43-34(61)24(2)70-48(44(43)76-46-40(67)37(64)35(62)27(19-55)71-46)73-32-12-13-50(5)29(51(32,6)21-57)11-14-52(7)30(50)10-9-25-26-17-49(3,4)15-16-54(26,22-58)31(59)18-53(25,52)8/h9-10,23-24,27-48,55-68H,11-22H2,1-8H3/t23-,24+,27+,28+,29?,30?,31-,32-,33-,34-,35+,36+,37-,38+,39+,40+,41+,42+,43-,44+,45-,46-,47-,48-,50-,51-,52+,53+,54+/m0/s1. The lowest BCUT2D eigenvalue weighted by molar-refractivity contribution is -0.402. The van der Waals surface area contributed by atoms with E-state index in [1.165, 1.54) is 25.0 Å². The van der Waals surface area contributed by atoms with Crippen LogP contribution in [0, 0.1) is 44.3 Å². The zero-order valence-corrected chi connectivity index (χ0v) is 45.0. The molecule has 4 saturated heterocycles. The van der Waals surface area contributed by atoms with Crippen molar-refractivity contribution in [2.75, 3.05) is 26.4 Å². The molecule has 14 N–H and O–H groups in total. The highest BCUT2D eigenvalue weighted by molar-refractivity contribution is 5.47. The van der Waals surface area contributed by atoms with Gasteiger partial charge >= 0.3 is 0 Å². The van der Waals surface area contributed by atoms with Crippen LogP contribution in [0.15, 0.2) is 23.3 Å². The fraction of sp³-hybridized carbons (Fsp3) is 0.926. The van der Waals surface area contributed by atoms with Gasteiger partial charge in [0.2, 0.25) is 0 Å². The lowest BCUT2D eigenvalue weighted by atomic mass is 9.35. The maximum Gasteiger partial charge on any atom is 0.187 e. The highest BCUT2D eigenvalue weighted by Crippen LogP contribution is 2.74. The minimum Gasteiger partial charge on any atom is -0.396 e. The molecule has 29 atom stereocenters. The van der Waals surface area contributed by atoms with E-state index in [1.807, 2.05) is 6.92 Å². The lowest BCUT2D eigenvalue weighted by Gasteiger charge is -2.70. The van der Waals surface area contributed by atoms with Crippen LogP contribution in [-0.4, -0.2) is 233 Å². The van der Waals surface area contributed by atoms with Crippen molar-refractivity contribution in [2.45, 2.75) is 242 Å². The first-order chi connectivity index (χ1) is 35.6. The van der Waals surface area contributed by atoms with Crippen molar-refractivity contribution in [3.63, 3.8) is 0 Å². The smallest absolute Gasteiger partial charge is 0.187 e. The van der Waals surface area contributed by atoms with E-state index in [2.05, 4.69) is 46.8 Å².